The highest BCUT2D eigenvalue weighted by molar-refractivity contribution is 5.88. The summed E-state index contributed by atoms with van der Waals surface area (Å²) in [6.07, 6.45) is 1.06. The summed E-state index contributed by atoms with van der Waals surface area (Å²) in [5, 5.41) is 12.7. The molecule has 0 radical (unpaired) electrons. The van der Waals surface area contributed by atoms with Gasteiger partial charge in [0, 0.05) is 19.9 Å². The highest BCUT2D eigenvalue weighted by Gasteiger charge is 2.48. The maximum atomic E-state index is 13.4. The van der Waals surface area contributed by atoms with Gasteiger partial charge in [0.15, 0.2) is 0 Å². The number of amides is 2. The van der Waals surface area contributed by atoms with E-state index < -0.39 is 17.7 Å². The minimum absolute atomic E-state index is 0.181. The number of hydrogen-bond donors (Lipinski definition) is 2. The van der Waals surface area contributed by atoms with Crippen molar-refractivity contribution in [3.8, 4) is 0 Å². The fourth-order valence-electron chi connectivity index (χ4n) is 3.13. The molecule has 1 saturated heterocycles. The van der Waals surface area contributed by atoms with Gasteiger partial charge in [-0.1, -0.05) is 12.1 Å². The number of aliphatic hydroxyl groups is 1. The van der Waals surface area contributed by atoms with Crippen LogP contribution in [-0.4, -0.2) is 40.5 Å². The molecular weight excluding hydrogens is 287 g/mol. The van der Waals surface area contributed by atoms with Gasteiger partial charge in [-0.05, 0) is 30.5 Å². The number of β-amino-alcohol motifs (C(OH)–C–C–N with tert-alkyl or cyclic N) is 1. The average molecular weight is 306 g/mol. The Morgan fingerprint density at radius 2 is 2.14 bits per heavy atom. The van der Waals surface area contributed by atoms with Crippen LogP contribution in [0.3, 0.4) is 0 Å². The highest BCUT2D eigenvalue weighted by Crippen LogP contribution is 2.45. The second-order valence-electron chi connectivity index (χ2n) is 6.16. The fraction of sp³-hybridized carbons (Fsp3) is 0.500. The van der Waals surface area contributed by atoms with Gasteiger partial charge >= 0.3 is 0 Å². The van der Waals surface area contributed by atoms with Crippen molar-refractivity contribution in [1.82, 2.24) is 10.2 Å². The van der Waals surface area contributed by atoms with Crippen molar-refractivity contribution in [2.45, 2.75) is 43.9 Å². The Morgan fingerprint density at radius 3 is 2.73 bits per heavy atom. The molecule has 5 nitrogen and oxygen atoms in total. The quantitative estimate of drug-likeness (QED) is 0.872. The summed E-state index contributed by atoms with van der Waals surface area (Å²) in [5.74, 6) is -0.847. The van der Waals surface area contributed by atoms with E-state index >= 15 is 0 Å². The SMILES string of the molecule is CC(=O)N1C[C@H](O)C[C@@H]1C(=O)NC1(c2cccc(F)c2)CC1. The Balaban J connectivity index is 1.75. The Morgan fingerprint density at radius 1 is 1.41 bits per heavy atom. The summed E-state index contributed by atoms with van der Waals surface area (Å²) in [6, 6.07) is 5.56. The zero-order valence-electron chi connectivity index (χ0n) is 12.4. The smallest absolute Gasteiger partial charge is 0.243 e. The topological polar surface area (TPSA) is 69.6 Å². The van der Waals surface area contributed by atoms with Crippen molar-refractivity contribution >= 4 is 11.8 Å². The van der Waals surface area contributed by atoms with Gasteiger partial charge in [0.2, 0.25) is 11.8 Å². The first-order chi connectivity index (χ1) is 10.4. The van der Waals surface area contributed by atoms with E-state index in [0.29, 0.717) is 0 Å². The molecule has 2 amide bonds. The van der Waals surface area contributed by atoms with Crippen LogP contribution in [0.2, 0.25) is 0 Å². The summed E-state index contributed by atoms with van der Waals surface area (Å²) in [4.78, 5) is 25.5. The molecule has 1 aliphatic carbocycles. The third-order valence-corrected chi connectivity index (χ3v) is 4.48. The third kappa shape index (κ3) is 2.70. The molecular formula is C16H19FN2O3. The van der Waals surface area contributed by atoms with Gasteiger partial charge in [-0.15, -0.1) is 0 Å². The lowest BCUT2D eigenvalue weighted by atomic mass is 10.0. The van der Waals surface area contributed by atoms with Crippen molar-refractivity contribution in [2.24, 2.45) is 0 Å². The van der Waals surface area contributed by atoms with E-state index in [2.05, 4.69) is 5.32 Å². The van der Waals surface area contributed by atoms with E-state index in [1.165, 1.54) is 24.0 Å². The molecule has 1 aromatic carbocycles. The number of carbonyl (C=O) groups excluding carboxylic acids is 2. The van der Waals surface area contributed by atoms with Crippen molar-refractivity contribution in [3.05, 3.63) is 35.6 Å². The van der Waals surface area contributed by atoms with Crippen LogP contribution in [0.4, 0.5) is 4.39 Å². The molecule has 3 rings (SSSR count). The number of benzene rings is 1. The Hall–Kier alpha value is -1.95. The second kappa shape index (κ2) is 5.35. The Bertz CT molecular complexity index is 615. The van der Waals surface area contributed by atoms with Gasteiger partial charge in [0.1, 0.15) is 11.9 Å². The van der Waals surface area contributed by atoms with E-state index in [1.54, 1.807) is 12.1 Å². The van der Waals surface area contributed by atoms with Crippen LogP contribution in [0.5, 0.6) is 0 Å². The maximum Gasteiger partial charge on any atom is 0.243 e. The summed E-state index contributed by atoms with van der Waals surface area (Å²) < 4.78 is 13.4. The van der Waals surface area contributed by atoms with Gasteiger partial charge in [0.05, 0.1) is 11.6 Å². The van der Waals surface area contributed by atoms with Crippen LogP contribution in [0.1, 0.15) is 31.7 Å². The van der Waals surface area contributed by atoms with Crippen molar-refractivity contribution in [1.29, 1.82) is 0 Å². The number of likely N-dealkylation sites (tertiary alicyclic amines) is 1. The first kappa shape index (κ1) is 15.0. The van der Waals surface area contributed by atoms with Gasteiger partial charge in [0.25, 0.3) is 0 Å². The van der Waals surface area contributed by atoms with Gasteiger partial charge in [-0.2, -0.15) is 0 Å². The number of hydrogen-bond acceptors (Lipinski definition) is 3. The van der Waals surface area contributed by atoms with Crippen LogP contribution >= 0.6 is 0 Å². The van der Waals surface area contributed by atoms with E-state index in [4.69, 9.17) is 0 Å². The molecule has 22 heavy (non-hydrogen) atoms. The first-order valence-electron chi connectivity index (χ1n) is 7.45. The van der Waals surface area contributed by atoms with E-state index in [1.807, 2.05) is 0 Å². The molecule has 2 fully saturated rings. The summed E-state index contributed by atoms with van der Waals surface area (Å²) in [7, 11) is 0. The molecule has 1 saturated carbocycles. The predicted molar refractivity (Wildman–Crippen MR) is 77.3 cm³/mol. The second-order valence-corrected chi connectivity index (χ2v) is 6.16. The molecule has 0 aromatic heterocycles. The lowest BCUT2D eigenvalue weighted by Crippen LogP contribution is -2.48. The monoisotopic (exact) mass is 306 g/mol. The van der Waals surface area contributed by atoms with E-state index in [-0.39, 0.29) is 30.6 Å². The molecule has 1 aliphatic heterocycles. The minimum Gasteiger partial charge on any atom is -0.391 e. The van der Waals surface area contributed by atoms with Crippen LogP contribution in [0, 0.1) is 5.82 Å². The average Bonchev–Trinajstić information content (AvgIpc) is 3.12. The molecule has 0 spiro atoms. The van der Waals surface area contributed by atoms with Crippen LogP contribution in [-0.2, 0) is 15.1 Å². The first-order valence-corrected chi connectivity index (χ1v) is 7.45. The predicted octanol–water partition coefficient (Wildman–Crippen LogP) is 0.913. The van der Waals surface area contributed by atoms with E-state index in [9.17, 15) is 19.1 Å². The number of carbonyl (C=O) groups is 2. The molecule has 2 aliphatic rings. The standard InChI is InChI=1S/C16H19FN2O3/c1-10(20)19-9-13(21)8-14(19)15(22)18-16(5-6-16)11-3-2-4-12(17)7-11/h2-4,7,13-14,21H,5-6,8-9H2,1H3,(H,18,22)/t13-,14-/m1/s1. The molecule has 0 unspecified atom stereocenters. The van der Waals surface area contributed by atoms with Gasteiger partial charge in [-0.25, -0.2) is 4.39 Å². The number of nitrogens with zero attached hydrogens (tertiary/aromatic N) is 1. The zero-order valence-corrected chi connectivity index (χ0v) is 12.4. The Labute approximate surface area is 128 Å². The van der Waals surface area contributed by atoms with Gasteiger partial charge in [-0.3, -0.25) is 9.59 Å². The summed E-state index contributed by atoms with van der Waals surface area (Å²) in [6.45, 7) is 1.57. The van der Waals surface area contributed by atoms with Gasteiger partial charge < -0.3 is 15.3 Å². The number of rotatable bonds is 3. The minimum atomic E-state index is -0.677. The summed E-state index contributed by atoms with van der Waals surface area (Å²) in [5.41, 5.74) is 0.212. The molecule has 0 bridgehead atoms. The van der Waals surface area contributed by atoms with Crippen molar-refractivity contribution < 1.29 is 19.1 Å². The normalized spacial score (nSPS) is 25.9. The number of halogens is 1. The molecule has 2 N–H and O–H groups in total. The molecule has 1 aromatic rings. The highest BCUT2D eigenvalue weighted by atomic mass is 19.1. The lowest BCUT2D eigenvalue weighted by molar-refractivity contribution is -0.137. The molecule has 118 valence electrons. The fourth-order valence-corrected chi connectivity index (χ4v) is 3.13. The lowest BCUT2D eigenvalue weighted by Gasteiger charge is -2.25. The molecule has 2 atom stereocenters. The van der Waals surface area contributed by atoms with Crippen LogP contribution < -0.4 is 5.32 Å². The Kier molecular flexibility index (Phi) is 3.64. The number of nitrogens with one attached hydrogen (secondary N) is 1. The van der Waals surface area contributed by atoms with Crippen molar-refractivity contribution in [2.75, 3.05) is 6.54 Å². The van der Waals surface area contributed by atoms with Crippen LogP contribution in [0.25, 0.3) is 0 Å². The molecule has 6 heteroatoms. The molecule has 1 heterocycles. The zero-order chi connectivity index (χ0) is 15.9. The number of aliphatic hydroxyl groups excluding tert-OH is 1. The largest absolute Gasteiger partial charge is 0.391 e. The third-order valence-electron chi connectivity index (χ3n) is 4.48. The van der Waals surface area contributed by atoms with Crippen molar-refractivity contribution in [3.63, 3.8) is 0 Å². The van der Waals surface area contributed by atoms with Crippen LogP contribution in [0.15, 0.2) is 24.3 Å². The summed E-state index contributed by atoms with van der Waals surface area (Å²) >= 11 is 0. The maximum absolute atomic E-state index is 13.4. The van der Waals surface area contributed by atoms with E-state index in [0.717, 1.165) is 18.4 Å².